The quantitative estimate of drug-likeness (QED) is 0.786. The molecule has 100 valence electrons. The summed E-state index contributed by atoms with van der Waals surface area (Å²) in [6.07, 6.45) is 1.60. The Balaban J connectivity index is 2.44. The zero-order valence-electron chi connectivity index (χ0n) is 11.3. The Kier molecular flexibility index (Phi) is 4.00. The molecule has 0 saturated heterocycles. The highest BCUT2D eigenvalue weighted by Gasteiger charge is 2.18. The molecule has 0 fully saturated rings. The molecule has 0 aliphatic carbocycles. The van der Waals surface area contributed by atoms with Crippen LogP contribution in [0.2, 0.25) is 0 Å². The molecule has 0 aliphatic rings. The average molecular weight is 259 g/mol. The fourth-order valence-electron chi connectivity index (χ4n) is 1.86. The van der Waals surface area contributed by atoms with E-state index in [0.717, 1.165) is 11.4 Å². The van der Waals surface area contributed by atoms with Crippen LogP contribution in [0.4, 0.5) is 0 Å². The minimum absolute atomic E-state index is 0.134. The Hall–Kier alpha value is -2.10. The molecule has 2 aromatic heterocycles. The molecule has 0 spiro atoms. The molecule has 4 nitrogen and oxygen atoms in total. The summed E-state index contributed by atoms with van der Waals surface area (Å²) in [7, 11) is 0. The van der Waals surface area contributed by atoms with Gasteiger partial charge in [0.25, 0.3) is 0 Å². The fourth-order valence-corrected chi connectivity index (χ4v) is 1.86. The first-order chi connectivity index (χ1) is 9.13. The third kappa shape index (κ3) is 2.84. The lowest BCUT2D eigenvalue weighted by molar-refractivity contribution is 0.0524. The minimum atomic E-state index is -0.329. The third-order valence-corrected chi connectivity index (χ3v) is 2.74. The van der Waals surface area contributed by atoms with Crippen molar-refractivity contribution in [2.45, 2.75) is 26.7 Å². The normalized spacial score (nSPS) is 10.7. The first-order valence-corrected chi connectivity index (χ1v) is 6.35. The van der Waals surface area contributed by atoms with Gasteiger partial charge in [-0.1, -0.05) is 13.8 Å². The van der Waals surface area contributed by atoms with Crippen molar-refractivity contribution in [3.63, 3.8) is 0 Å². The molecule has 0 bridgehead atoms. The molecule has 0 N–H and O–H groups in total. The standard InChI is InChI=1S/C15H17NO3/c1-4-18-15(17)11-7-8-12(13-6-5-9-19-13)16-14(11)10(2)3/h5-10H,4H2,1-3H3. The first kappa shape index (κ1) is 13.3. The second-order valence-electron chi connectivity index (χ2n) is 4.48. The summed E-state index contributed by atoms with van der Waals surface area (Å²) < 4.78 is 10.4. The molecule has 2 heterocycles. The van der Waals surface area contributed by atoms with E-state index in [2.05, 4.69) is 4.98 Å². The van der Waals surface area contributed by atoms with Crippen molar-refractivity contribution in [2.75, 3.05) is 6.61 Å². The summed E-state index contributed by atoms with van der Waals surface area (Å²) in [6, 6.07) is 7.18. The van der Waals surface area contributed by atoms with Crippen molar-refractivity contribution in [1.29, 1.82) is 0 Å². The highest BCUT2D eigenvalue weighted by Crippen LogP contribution is 2.24. The number of furan rings is 1. The molecular weight excluding hydrogens is 242 g/mol. The van der Waals surface area contributed by atoms with E-state index in [1.807, 2.05) is 26.0 Å². The number of pyridine rings is 1. The van der Waals surface area contributed by atoms with Gasteiger partial charge in [0.2, 0.25) is 0 Å². The number of hydrogen-bond donors (Lipinski definition) is 0. The van der Waals surface area contributed by atoms with Crippen molar-refractivity contribution in [3.8, 4) is 11.5 Å². The molecule has 0 unspecified atom stereocenters. The van der Waals surface area contributed by atoms with Crippen molar-refractivity contribution >= 4 is 5.97 Å². The van der Waals surface area contributed by atoms with E-state index in [9.17, 15) is 4.79 Å². The molecule has 4 heteroatoms. The van der Waals surface area contributed by atoms with Gasteiger partial charge < -0.3 is 9.15 Å². The lowest BCUT2D eigenvalue weighted by atomic mass is 10.0. The monoisotopic (exact) mass is 259 g/mol. The van der Waals surface area contributed by atoms with Crippen LogP contribution < -0.4 is 0 Å². The lowest BCUT2D eigenvalue weighted by Gasteiger charge is -2.12. The van der Waals surface area contributed by atoms with Gasteiger partial charge in [-0.25, -0.2) is 9.78 Å². The van der Waals surface area contributed by atoms with Gasteiger partial charge in [0.05, 0.1) is 24.1 Å². The molecule has 0 aromatic carbocycles. The predicted octanol–water partition coefficient (Wildman–Crippen LogP) is 3.64. The molecule has 19 heavy (non-hydrogen) atoms. The molecule has 0 atom stereocenters. The van der Waals surface area contributed by atoms with Gasteiger partial charge >= 0.3 is 5.97 Å². The van der Waals surface area contributed by atoms with E-state index in [0.29, 0.717) is 17.9 Å². The summed E-state index contributed by atoms with van der Waals surface area (Å²) in [6.45, 7) is 6.14. The topological polar surface area (TPSA) is 52.3 Å². The lowest BCUT2D eigenvalue weighted by Crippen LogP contribution is -2.11. The Labute approximate surface area is 112 Å². The van der Waals surface area contributed by atoms with Gasteiger partial charge in [-0.2, -0.15) is 0 Å². The van der Waals surface area contributed by atoms with Gasteiger partial charge in [-0.15, -0.1) is 0 Å². The first-order valence-electron chi connectivity index (χ1n) is 6.35. The second-order valence-corrected chi connectivity index (χ2v) is 4.48. The Morgan fingerprint density at radius 2 is 2.16 bits per heavy atom. The maximum absolute atomic E-state index is 11.9. The zero-order valence-corrected chi connectivity index (χ0v) is 11.3. The molecule has 0 amide bonds. The minimum Gasteiger partial charge on any atom is -0.463 e. The fraction of sp³-hybridized carbons (Fsp3) is 0.333. The van der Waals surface area contributed by atoms with Crippen LogP contribution in [-0.2, 0) is 4.74 Å². The van der Waals surface area contributed by atoms with E-state index in [-0.39, 0.29) is 11.9 Å². The number of carbonyl (C=O) groups is 1. The van der Waals surface area contributed by atoms with E-state index in [4.69, 9.17) is 9.15 Å². The number of hydrogen-bond acceptors (Lipinski definition) is 4. The highest BCUT2D eigenvalue weighted by atomic mass is 16.5. The van der Waals surface area contributed by atoms with Crippen molar-refractivity contribution < 1.29 is 13.9 Å². The number of esters is 1. The molecule has 0 aliphatic heterocycles. The summed E-state index contributed by atoms with van der Waals surface area (Å²) in [5.41, 5.74) is 1.97. The summed E-state index contributed by atoms with van der Waals surface area (Å²) in [5.74, 6) is 0.497. The van der Waals surface area contributed by atoms with Crippen LogP contribution in [0.15, 0.2) is 34.9 Å². The molecule has 0 saturated carbocycles. The molecule has 0 radical (unpaired) electrons. The number of ether oxygens (including phenoxy) is 1. The summed E-state index contributed by atoms with van der Waals surface area (Å²) >= 11 is 0. The third-order valence-electron chi connectivity index (χ3n) is 2.74. The predicted molar refractivity (Wildman–Crippen MR) is 72.0 cm³/mol. The number of carbonyl (C=O) groups excluding carboxylic acids is 1. The maximum Gasteiger partial charge on any atom is 0.339 e. The van der Waals surface area contributed by atoms with Crippen molar-refractivity contribution in [1.82, 2.24) is 4.98 Å². The Bertz CT molecular complexity index is 559. The van der Waals surface area contributed by atoms with Gasteiger partial charge in [0.1, 0.15) is 5.69 Å². The van der Waals surface area contributed by atoms with Gasteiger partial charge in [-0.3, -0.25) is 0 Å². The molecular formula is C15H17NO3. The SMILES string of the molecule is CCOC(=O)c1ccc(-c2ccco2)nc1C(C)C. The van der Waals surface area contributed by atoms with Gasteiger partial charge in [-0.05, 0) is 37.1 Å². The smallest absolute Gasteiger partial charge is 0.339 e. The van der Waals surface area contributed by atoms with E-state index in [1.54, 1.807) is 25.3 Å². The van der Waals surface area contributed by atoms with Crippen LogP contribution in [0.1, 0.15) is 42.7 Å². The summed E-state index contributed by atoms with van der Waals surface area (Å²) in [4.78, 5) is 16.4. The van der Waals surface area contributed by atoms with Crippen molar-refractivity contribution in [3.05, 3.63) is 41.8 Å². The van der Waals surface area contributed by atoms with Crippen LogP contribution in [0.5, 0.6) is 0 Å². The highest BCUT2D eigenvalue weighted by molar-refractivity contribution is 5.91. The molecule has 2 aromatic rings. The van der Waals surface area contributed by atoms with Crippen LogP contribution >= 0.6 is 0 Å². The van der Waals surface area contributed by atoms with E-state index < -0.39 is 0 Å². The van der Waals surface area contributed by atoms with Gasteiger partial charge in [0, 0.05) is 0 Å². The van der Waals surface area contributed by atoms with E-state index in [1.165, 1.54) is 0 Å². The van der Waals surface area contributed by atoms with Crippen LogP contribution in [0.25, 0.3) is 11.5 Å². The van der Waals surface area contributed by atoms with Crippen LogP contribution in [-0.4, -0.2) is 17.6 Å². The number of rotatable bonds is 4. The molecule has 2 rings (SSSR count). The Morgan fingerprint density at radius 3 is 2.74 bits per heavy atom. The zero-order chi connectivity index (χ0) is 13.8. The second kappa shape index (κ2) is 5.69. The van der Waals surface area contributed by atoms with Crippen LogP contribution in [0, 0.1) is 0 Å². The van der Waals surface area contributed by atoms with Crippen LogP contribution in [0.3, 0.4) is 0 Å². The van der Waals surface area contributed by atoms with E-state index >= 15 is 0 Å². The van der Waals surface area contributed by atoms with Gasteiger partial charge in [0.15, 0.2) is 5.76 Å². The average Bonchev–Trinajstić information content (AvgIpc) is 2.92. The number of nitrogens with zero attached hydrogens (tertiary/aromatic N) is 1. The Morgan fingerprint density at radius 1 is 1.37 bits per heavy atom. The van der Waals surface area contributed by atoms with Crippen molar-refractivity contribution in [2.24, 2.45) is 0 Å². The maximum atomic E-state index is 11.9. The number of aromatic nitrogens is 1. The summed E-state index contributed by atoms with van der Waals surface area (Å²) in [5, 5.41) is 0. The largest absolute Gasteiger partial charge is 0.463 e.